The first-order chi connectivity index (χ1) is 7.65. The molecule has 0 amide bonds. The van der Waals surface area contributed by atoms with E-state index in [4.69, 9.17) is 16.7 Å². The first-order valence-electron chi connectivity index (χ1n) is 4.78. The van der Waals surface area contributed by atoms with E-state index in [-0.39, 0.29) is 6.42 Å². The van der Waals surface area contributed by atoms with Crippen molar-refractivity contribution in [1.82, 2.24) is 9.97 Å². The van der Waals surface area contributed by atoms with Gasteiger partial charge in [-0.15, -0.1) is 0 Å². The van der Waals surface area contributed by atoms with Gasteiger partial charge in [-0.3, -0.25) is 4.79 Å². The van der Waals surface area contributed by atoms with Crippen molar-refractivity contribution in [2.24, 2.45) is 0 Å². The van der Waals surface area contributed by atoms with Crippen LogP contribution in [0.3, 0.4) is 0 Å². The van der Waals surface area contributed by atoms with Gasteiger partial charge in [0.25, 0.3) is 0 Å². The van der Waals surface area contributed by atoms with Crippen LogP contribution < -0.4 is 0 Å². The number of carboxylic acids is 1. The number of aromatic nitrogens is 2. The summed E-state index contributed by atoms with van der Waals surface area (Å²) in [6.07, 6.45) is 2.04. The summed E-state index contributed by atoms with van der Waals surface area (Å²) in [6.45, 7) is 0. The summed E-state index contributed by atoms with van der Waals surface area (Å²) in [7, 11) is 0. The van der Waals surface area contributed by atoms with E-state index in [1.54, 1.807) is 18.3 Å². The van der Waals surface area contributed by atoms with E-state index in [9.17, 15) is 4.79 Å². The molecule has 0 aliphatic heterocycles. The number of halogens is 1. The zero-order valence-corrected chi connectivity index (χ0v) is 9.11. The molecule has 1 aromatic heterocycles. The second kappa shape index (κ2) is 4.45. The van der Waals surface area contributed by atoms with Gasteiger partial charge in [0.05, 0.1) is 11.9 Å². The monoisotopic (exact) mass is 236 g/mol. The summed E-state index contributed by atoms with van der Waals surface area (Å²) >= 11 is 5.84. The zero-order chi connectivity index (χ0) is 11.5. The molecule has 5 heteroatoms. The Labute approximate surface area is 96.9 Å². The van der Waals surface area contributed by atoms with E-state index < -0.39 is 5.97 Å². The minimum atomic E-state index is -0.852. The number of nitrogens with zero attached hydrogens (tertiary/aromatic N) is 2. The second-order valence-corrected chi connectivity index (χ2v) is 3.82. The lowest BCUT2D eigenvalue weighted by molar-refractivity contribution is -0.137. The molecular formula is C11H9ClN2O2. The number of rotatable bonds is 3. The number of carboxylic acid groups (broad SMARTS) is 1. The van der Waals surface area contributed by atoms with Crippen molar-refractivity contribution in [3.8, 4) is 0 Å². The Balaban J connectivity index is 2.31. The fraction of sp³-hybridized carbons (Fsp3) is 0.182. The van der Waals surface area contributed by atoms with Crippen LogP contribution in [0.4, 0.5) is 0 Å². The van der Waals surface area contributed by atoms with Crippen molar-refractivity contribution in [3.63, 3.8) is 0 Å². The first kappa shape index (κ1) is 10.8. The third kappa shape index (κ3) is 2.46. The predicted molar refractivity (Wildman–Crippen MR) is 60.5 cm³/mol. The van der Waals surface area contributed by atoms with Crippen LogP contribution in [-0.2, 0) is 11.2 Å². The van der Waals surface area contributed by atoms with E-state index in [2.05, 4.69) is 9.97 Å². The minimum Gasteiger partial charge on any atom is -0.481 e. The van der Waals surface area contributed by atoms with E-state index in [1.807, 2.05) is 6.07 Å². The average Bonchev–Trinajstić information content (AvgIpc) is 2.25. The molecule has 0 saturated heterocycles. The molecule has 0 saturated carbocycles. The topological polar surface area (TPSA) is 63.1 Å². The number of aliphatic carboxylic acids is 1. The standard InChI is InChI=1S/C11H9ClN2O2/c12-8-2-1-7-6-13-10(3-4-11(15)16)14-9(7)5-8/h1-2,5-6H,3-4H2,(H,15,16). The molecule has 0 radical (unpaired) electrons. The summed E-state index contributed by atoms with van der Waals surface area (Å²) in [5.74, 6) is -0.327. The highest BCUT2D eigenvalue weighted by Gasteiger charge is 2.03. The number of hydrogen-bond acceptors (Lipinski definition) is 3. The van der Waals surface area contributed by atoms with Gasteiger partial charge in [0.15, 0.2) is 0 Å². The third-order valence-corrected chi connectivity index (χ3v) is 2.39. The normalized spacial score (nSPS) is 10.6. The van der Waals surface area contributed by atoms with Crippen LogP contribution >= 0.6 is 11.6 Å². The van der Waals surface area contributed by atoms with Gasteiger partial charge in [-0.2, -0.15) is 0 Å². The van der Waals surface area contributed by atoms with Gasteiger partial charge in [0.2, 0.25) is 0 Å². The van der Waals surface area contributed by atoms with E-state index in [0.29, 0.717) is 17.3 Å². The maximum atomic E-state index is 10.4. The fourth-order valence-electron chi connectivity index (χ4n) is 1.37. The summed E-state index contributed by atoms with van der Waals surface area (Å²) in [5.41, 5.74) is 0.739. The predicted octanol–water partition coefficient (Wildman–Crippen LogP) is 2.30. The Kier molecular flexibility index (Phi) is 3.01. The fourth-order valence-corrected chi connectivity index (χ4v) is 1.54. The molecule has 16 heavy (non-hydrogen) atoms. The second-order valence-electron chi connectivity index (χ2n) is 3.38. The van der Waals surface area contributed by atoms with Gasteiger partial charge >= 0.3 is 5.97 Å². The molecule has 0 unspecified atom stereocenters. The van der Waals surface area contributed by atoms with Crippen molar-refractivity contribution in [2.45, 2.75) is 12.8 Å². The quantitative estimate of drug-likeness (QED) is 0.888. The molecule has 0 aliphatic rings. The lowest BCUT2D eigenvalue weighted by Crippen LogP contribution is -2.01. The Hall–Kier alpha value is -1.68. The number of hydrogen-bond donors (Lipinski definition) is 1. The maximum absolute atomic E-state index is 10.4. The van der Waals surface area contributed by atoms with E-state index in [0.717, 1.165) is 10.9 Å². The van der Waals surface area contributed by atoms with Crippen LogP contribution in [0.2, 0.25) is 5.02 Å². The summed E-state index contributed by atoms with van der Waals surface area (Å²) in [5, 5.41) is 10.1. The zero-order valence-electron chi connectivity index (χ0n) is 8.35. The van der Waals surface area contributed by atoms with Crippen LogP contribution in [0, 0.1) is 0 Å². The molecule has 1 heterocycles. The maximum Gasteiger partial charge on any atom is 0.303 e. The lowest BCUT2D eigenvalue weighted by atomic mass is 10.2. The largest absolute Gasteiger partial charge is 0.481 e. The first-order valence-corrected chi connectivity index (χ1v) is 5.16. The molecule has 0 bridgehead atoms. The van der Waals surface area contributed by atoms with E-state index >= 15 is 0 Å². The van der Waals surface area contributed by atoms with Crippen LogP contribution in [0.15, 0.2) is 24.4 Å². The molecular weight excluding hydrogens is 228 g/mol. The Morgan fingerprint density at radius 2 is 2.25 bits per heavy atom. The average molecular weight is 237 g/mol. The summed E-state index contributed by atoms with van der Waals surface area (Å²) in [4.78, 5) is 18.8. The molecule has 82 valence electrons. The SMILES string of the molecule is O=C(O)CCc1ncc2ccc(Cl)cc2n1. The van der Waals surface area contributed by atoms with Crippen LogP contribution in [0.25, 0.3) is 10.9 Å². The van der Waals surface area contributed by atoms with Gasteiger partial charge in [0.1, 0.15) is 5.82 Å². The molecule has 0 aliphatic carbocycles. The van der Waals surface area contributed by atoms with Gasteiger partial charge in [-0.25, -0.2) is 9.97 Å². The van der Waals surface area contributed by atoms with Crippen LogP contribution in [0.1, 0.15) is 12.2 Å². The molecule has 0 atom stereocenters. The molecule has 1 aromatic carbocycles. The van der Waals surface area contributed by atoms with Gasteiger partial charge in [0, 0.05) is 23.0 Å². The highest BCUT2D eigenvalue weighted by atomic mass is 35.5. The van der Waals surface area contributed by atoms with Crippen LogP contribution in [0.5, 0.6) is 0 Å². The molecule has 2 rings (SSSR count). The number of benzene rings is 1. The molecule has 2 aromatic rings. The molecule has 4 nitrogen and oxygen atoms in total. The number of carbonyl (C=O) groups is 1. The molecule has 0 fully saturated rings. The highest BCUT2D eigenvalue weighted by Crippen LogP contribution is 2.16. The minimum absolute atomic E-state index is 0.0338. The third-order valence-electron chi connectivity index (χ3n) is 2.16. The Bertz CT molecular complexity index is 542. The van der Waals surface area contributed by atoms with Gasteiger partial charge < -0.3 is 5.11 Å². The van der Waals surface area contributed by atoms with Crippen molar-refractivity contribution >= 4 is 28.5 Å². The highest BCUT2D eigenvalue weighted by molar-refractivity contribution is 6.31. The Morgan fingerprint density at radius 1 is 1.44 bits per heavy atom. The lowest BCUT2D eigenvalue weighted by Gasteiger charge is -2.01. The van der Waals surface area contributed by atoms with Crippen molar-refractivity contribution in [1.29, 1.82) is 0 Å². The molecule has 0 spiro atoms. The number of aryl methyl sites for hydroxylation is 1. The van der Waals surface area contributed by atoms with Crippen LogP contribution in [-0.4, -0.2) is 21.0 Å². The molecule has 1 N–H and O–H groups in total. The van der Waals surface area contributed by atoms with Crippen molar-refractivity contribution < 1.29 is 9.90 Å². The van der Waals surface area contributed by atoms with Crippen molar-refractivity contribution in [3.05, 3.63) is 35.2 Å². The van der Waals surface area contributed by atoms with Gasteiger partial charge in [-0.05, 0) is 18.2 Å². The summed E-state index contributed by atoms with van der Waals surface area (Å²) < 4.78 is 0. The summed E-state index contributed by atoms with van der Waals surface area (Å²) in [6, 6.07) is 5.34. The Morgan fingerprint density at radius 3 is 3.00 bits per heavy atom. The van der Waals surface area contributed by atoms with Crippen molar-refractivity contribution in [2.75, 3.05) is 0 Å². The number of fused-ring (bicyclic) bond motifs is 1. The van der Waals surface area contributed by atoms with Gasteiger partial charge in [-0.1, -0.05) is 11.6 Å². The smallest absolute Gasteiger partial charge is 0.303 e. The van der Waals surface area contributed by atoms with E-state index in [1.165, 1.54) is 0 Å².